The molecule has 0 aliphatic rings. The highest BCUT2D eigenvalue weighted by atomic mass is 19.4. The van der Waals surface area contributed by atoms with Gasteiger partial charge in [0.05, 0.1) is 24.6 Å². The van der Waals surface area contributed by atoms with E-state index in [4.69, 9.17) is 0 Å². The van der Waals surface area contributed by atoms with E-state index in [2.05, 4.69) is 4.74 Å². The van der Waals surface area contributed by atoms with E-state index in [1.54, 1.807) is 0 Å². The monoisotopic (exact) mass is 464 g/mol. The largest absolute Gasteiger partial charge is 0.469 e. The maximum atomic E-state index is 13.6. The number of esters is 1. The van der Waals surface area contributed by atoms with Crippen LogP contribution in [0, 0.1) is 12.7 Å². The molecule has 0 saturated carbocycles. The molecule has 2 aromatic carbocycles. The Morgan fingerprint density at radius 1 is 1.12 bits per heavy atom. The number of alkyl halides is 3. The molecule has 1 heterocycles. The van der Waals surface area contributed by atoms with Crippen molar-refractivity contribution in [3.05, 3.63) is 75.3 Å². The zero-order valence-corrected chi connectivity index (χ0v) is 18.0. The van der Waals surface area contributed by atoms with Gasteiger partial charge in [-0.2, -0.15) is 13.2 Å². The van der Waals surface area contributed by atoms with Crippen LogP contribution in [0.15, 0.2) is 47.3 Å². The highest BCUT2D eigenvalue weighted by molar-refractivity contribution is 6.08. The van der Waals surface area contributed by atoms with Crippen LogP contribution in [0.2, 0.25) is 0 Å². The Balaban J connectivity index is 2.24. The van der Waals surface area contributed by atoms with Crippen LogP contribution in [0.1, 0.15) is 27.9 Å². The number of halogens is 4. The Hall–Kier alpha value is -3.69. The number of hydrogen-bond acceptors (Lipinski definition) is 4. The third kappa shape index (κ3) is 4.74. The molecule has 3 aromatic rings. The van der Waals surface area contributed by atoms with Gasteiger partial charge in [-0.15, -0.1) is 0 Å². The van der Waals surface area contributed by atoms with E-state index in [0.29, 0.717) is 0 Å². The Bertz CT molecular complexity index is 1300. The summed E-state index contributed by atoms with van der Waals surface area (Å²) in [6.07, 6.45) is -4.95. The molecule has 0 N–H and O–H groups in total. The Morgan fingerprint density at radius 3 is 2.42 bits per heavy atom. The van der Waals surface area contributed by atoms with Crippen LogP contribution in [-0.2, 0) is 22.3 Å². The lowest BCUT2D eigenvalue weighted by molar-refractivity contribution is -0.141. The summed E-state index contributed by atoms with van der Waals surface area (Å²) in [5.41, 5.74) is -1.84. The molecule has 0 spiro atoms. The number of carbonyl (C=O) groups excluding carboxylic acids is 2. The second kappa shape index (κ2) is 9.05. The van der Waals surface area contributed by atoms with Gasteiger partial charge in [-0.05, 0) is 42.8 Å². The number of rotatable bonds is 5. The van der Waals surface area contributed by atoms with Gasteiger partial charge in [-0.1, -0.05) is 12.1 Å². The summed E-state index contributed by atoms with van der Waals surface area (Å²) < 4.78 is 59.0. The normalized spacial score (nSPS) is 11.5. The smallest absolute Gasteiger partial charge is 0.416 e. The van der Waals surface area contributed by atoms with Crippen molar-refractivity contribution in [3.63, 3.8) is 0 Å². The molecule has 1 aromatic heterocycles. The van der Waals surface area contributed by atoms with Crippen LogP contribution in [0.25, 0.3) is 10.9 Å². The number of anilines is 1. The zero-order valence-electron chi connectivity index (χ0n) is 18.0. The predicted molar refractivity (Wildman–Crippen MR) is 114 cm³/mol. The fourth-order valence-electron chi connectivity index (χ4n) is 3.54. The Labute approximate surface area is 186 Å². The van der Waals surface area contributed by atoms with Gasteiger partial charge < -0.3 is 14.2 Å². The second-order valence-corrected chi connectivity index (χ2v) is 7.36. The van der Waals surface area contributed by atoms with Gasteiger partial charge in [0.2, 0.25) is 0 Å². The van der Waals surface area contributed by atoms with E-state index in [1.807, 2.05) is 0 Å². The average Bonchev–Trinajstić information content (AvgIpc) is 2.77. The summed E-state index contributed by atoms with van der Waals surface area (Å²) in [6.45, 7) is 1.15. The van der Waals surface area contributed by atoms with Crippen molar-refractivity contribution >= 4 is 28.5 Å². The van der Waals surface area contributed by atoms with Gasteiger partial charge >= 0.3 is 12.1 Å². The first-order chi connectivity index (χ1) is 15.5. The molecule has 174 valence electrons. The minimum absolute atomic E-state index is 0.0683. The molecule has 10 heteroatoms. The predicted octanol–water partition coefficient (Wildman–Crippen LogP) is 4.31. The van der Waals surface area contributed by atoms with E-state index < -0.39 is 35.0 Å². The number of nitrogens with zero attached hydrogens (tertiary/aromatic N) is 2. The zero-order chi connectivity index (χ0) is 24.5. The molecule has 1 amide bonds. The lowest BCUT2D eigenvalue weighted by Crippen LogP contribution is -2.36. The van der Waals surface area contributed by atoms with Crippen LogP contribution in [0.3, 0.4) is 0 Å². The van der Waals surface area contributed by atoms with E-state index in [9.17, 15) is 31.9 Å². The van der Waals surface area contributed by atoms with Gasteiger partial charge in [0.15, 0.2) is 0 Å². The van der Waals surface area contributed by atoms with E-state index in [1.165, 1.54) is 38.2 Å². The molecule has 0 radical (unpaired) electrons. The number of aromatic nitrogens is 1. The average molecular weight is 464 g/mol. The van der Waals surface area contributed by atoms with Crippen molar-refractivity contribution in [2.45, 2.75) is 26.1 Å². The number of carbonyl (C=O) groups is 2. The number of amides is 1. The minimum atomic E-state index is -4.66. The fraction of sp³-hybridized carbons (Fsp3) is 0.261. The quantitative estimate of drug-likeness (QED) is 0.417. The van der Waals surface area contributed by atoms with Crippen molar-refractivity contribution in [2.75, 3.05) is 19.1 Å². The summed E-state index contributed by atoms with van der Waals surface area (Å²) in [6, 6.07) is 8.03. The number of hydrogen-bond donors (Lipinski definition) is 0. The molecule has 0 unspecified atom stereocenters. The molecule has 33 heavy (non-hydrogen) atoms. The van der Waals surface area contributed by atoms with E-state index in [0.717, 1.165) is 34.8 Å². The lowest BCUT2D eigenvalue weighted by Gasteiger charge is -2.21. The molecule has 0 saturated heterocycles. The van der Waals surface area contributed by atoms with Crippen LogP contribution in [0.5, 0.6) is 0 Å². The maximum Gasteiger partial charge on any atom is 0.416 e. The summed E-state index contributed by atoms with van der Waals surface area (Å²) in [4.78, 5) is 39.3. The first kappa shape index (κ1) is 24.0. The van der Waals surface area contributed by atoms with Crippen LogP contribution in [-0.4, -0.2) is 30.6 Å². The summed E-state index contributed by atoms with van der Waals surface area (Å²) >= 11 is 0. The van der Waals surface area contributed by atoms with Crippen molar-refractivity contribution in [2.24, 2.45) is 0 Å². The van der Waals surface area contributed by atoms with Crippen molar-refractivity contribution in [3.8, 4) is 0 Å². The van der Waals surface area contributed by atoms with Gasteiger partial charge in [-0.3, -0.25) is 14.4 Å². The molecule has 0 aliphatic heterocycles. The maximum absolute atomic E-state index is 13.6. The topological polar surface area (TPSA) is 68.6 Å². The molecule has 0 atom stereocenters. The minimum Gasteiger partial charge on any atom is -0.469 e. The SMILES string of the molecule is COC(=O)CCn1c(=O)c(C(=O)N(C)c2cccc(F)c2)c(C)c2ccc(C(F)(F)F)cc21. The molecule has 0 bridgehead atoms. The molecule has 0 fully saturated rings. The second-order valence-electron chi connectivity index (χ2n) is 7.36. The summed E-state index contributed by atoms with van der Waals surface area (Å²) in [5, 5.41) is 0.239. The Kier molecular flexibility index (Phi) is 6.57. The highest BCUT2D eigenvalue weighted by Crippen LogP contribution is 2.32. The number of pyridine rings is 1. The van der Waals surface area contributed by atoms with E-state index in [-0.39, 0.29) is 40.7 Å². The van der Waals surface area contributed by atoms with Crippen molar-refractivity contribution in [1.82, 2.24) is 4.57 Å². The van der Waals surface area contributed by atoms with Gasteiger partial charge in [0.25, 0.3) is 11.5 Å². The number of methoxy groups -OCH3 is 1. The number of fused-ring (bicyclic) bond motifs is 1. The van der Waals surface area contributed by atoms with Gasteiger partial charge in [-0.25, -0.2) is 4.39 Å². The lowest BCUT2D eigenvalue weighted by atomic mass is 10.0. The summed E-state index contributed by atoms with van der Waals surface area (Å²) in [7, 11) is 2.49. The third-order valence-corrected chi connectivity index (χ3v) is 5.34. The standard InChI is InChI=1S/C23H20F4N2O4/c1-13-17-8-7-14(23(25,26)27)11-18(17)29(10-9-19(30)33-3)22(32)20(13)21(31)28(2)16-6-4-5-15(24)12-16/h4-8,11-12H,9-10H2,1-3H3. The number of ether oxygens (including phenoxy) is 1. The molecule has 0 aliphatic carbocycles. The van der Waals surface area contributed by atoms with Gasteiger partial charge in [0, 0.05) is 24.7 Å². The Morgan fingerprint density at radius 2 is 1.82 bits per heavy atom. The fourth-order valence-corrected chi connectivity index (χ4v) is 3.54. The van der Waals surface area contributed by atoms with Crippen molar-refractivity contribution < 1.29 is 31.9 Å². The molecule has 3 rings (SSSR count). The van der Waals surface area contributed by atoms with Crippen molar-refractivity contribution in [1.29, 1.82) is 0 Å². The van der Waals surface area contributed by atoms with Gasteiger partial charge in [0.1, 0.15) is 11.4 Å². The molecular weight excluding hydrogens is 444 g/mol. The summed E-state index contributed by atoms with van der Waals surface area (Å²) in [5.74, 6) is -2.03. The van der Waals surface area contributed by atoms with Crippen LogP contribution >= 0.6 is 0 Å². The third-order valence-electron chi connectivity index (χ3n) is 5.34. The molecular formula is C23H20F4N2O4. The van der Waals surface area contributed by atoms with Crippen LogP contribution in [0.4, 0.5) is 23.2 Å². The van der Waals surface area contributed by atoms with E-state index >= 15 is 0 Å². The first-order valence-electron chi connectivity index (χ1n) is 9.80. The number of benzene rings is 2. The number of aryl methyl sites for hydroxylation is 2. The molecule has 6 nitrogen and oxygen atoms in total. The highest BCUT2D eigenvalue weighted by Gasteiger charge is 2.32. The first-order valence-corrected chi connectivity index (χ1v) is 9.80. The van der Waals surface area contributed by atoms with Crippen LogP contribution < -0.4 is 10.5 Å².